The van der Waals surface area contributed by atoms with Crippen molar-refractivity contribution in [2.75, 3.05) is 18.1 Å². The van der Waals surface area contributed by atoms with E-state index in [1.54, 1.807) is 18.2 Å². The Bertz CT molecular complexity index is 658. The second kappa shape index (κ2) is 5.44. The maximum atomic E-state index is 13.8. The molecule has 0 bridgehead atoms. The van der Waals surface area contributed by atoms with E-state index >= 15 is 0 Å². The van der Waals surface area contributed by atoms with Gasteiger partial charge in [-0.3, -0.25) is 4.79 Å². The van der Waals surface area contributed by atoms with E-state index in [0.29, 0.717) is 16.3 Å². The van der Waals surface area contributed by atoms with Crippen molar-refractivity contribution in [3.05, 3.63) is 47.8 Å². The number of fused-ring (bicyclic) bond motifs is 1. The van der Waals surface area contributed by atoms with E-state index in [1.807, 2.05) is 28.8 Å². The van der Waals surface area contributed by atoms with Crippen LogP contribution in [-0.4, -0.2) is 34.9 Å². The van der Waals surface area contributed by atoms with Gasteiger partial charge in [-0.25, -0.2) is 4.39 Å². The van der Waals surface area contributed by atoms with Gasteiger partial charge < -0.3 is 4.90 Å². The van der Waals surface area contributed by atoms with Crippen LogP contribution in [0.2, 0.25) is 0 Å². The molecule has 1 atom stereocenters. The van der Waals surface area contributed by atoms with Crippen molar-refractivity contribution >= 4 is 28.4 Å². The largest absolute Gasteiger partial charge is 0.334 e. The van der Waals surface area contributed by atoms with Crippen LogP contribution >= 0.6 is 11.8 Å². The number of halogens is 1. The molecule has 0 aliphatic carbocycles. The van der Waals surface area contributed by atoms with Gasteiger partial charge in [-0.2, -0.15) is 11.8 Å². The van der Waals surface area contributed by atoms with Gasteiger partial charge in [0, 0.05) is 35.0 Å². The maximum absolute atomic E-state index is 13.8. The molecule has 104 valence electrons. The van der Waals surface area contributed by atoms with Gasteiger partial charge in [0.1, 0.15) is 5.82 Å². The first-order valence-corrected chi connectivity index (χ1v) is 7.90. The van der Waals surface area contributed by atoms with Gasteiger partial charge in [-0.1, -0.05) is 24.3 Å². The number of nitrogens with zero attached hydrogens (tertiary/aromatic N) is 1. The van der Waals surface area contributed by atoms with Crippen molar-refractivity contribution in [1.29, 1.82) is 0 Å². The lowest BCUT2D eigenvalue weighted by Gasteiger charge is -2.33. The molecule has 2 aromatic carbocycles. The molecule has 1 amide bonds. The minimum atomic E-state index is -0.278. The SMILES string of the molecule is CC1CSCCN1C(=O)c1ccc(F)c2ccccc12. The average molecular weight is 289 g/mol. The zero-order valence-corrected chi connectivity index (χ0v) is 12.1. The molecule has 0 radical (unpaired) electrons. The molecule has 1 saturated heterocycles. The zero-order chi connectivity index (χ0) is 14.1. The Morgan fingerprint density at radius 1 is 1.25 bits per heavy atom. The highest BCUT2D eigenvalue weighted by molar-refractivity contribution is 7.99. The summed E-state index contributed by atoms with van der Waals surface area (Å²) in [7, 11) is 0. The fourth-order valence-electron chi connectivity index (χ4n) is 2.63. The van der Waals surface area contributed by atoms with Crippen LogP contribution in [0, 0.1) is 5.82 Å². The Labute approximate surface area is 122 Å². The molecule has 1 unspecified atom stereocenters. The number of carbonyl (C=O) groups excluding carboxylic acids is 1. The molecule has 0 spiro atoms. The minimum absolute atomic E-state index is 0.00833. The molecule has 4 heteroatoms. The van der Waals surface area contributed by atoms with Crippen LogP contribution in [0.15, 0.2) is 36.4 Å². The van der Waals surface area contributed by atoms with Crippen LogP contribution in [0.25, 0.3) is 10.8 Å². The molecule has 3 rings (SSSR count). The van der Waals surface area contributed by atoms with E-state index in [2.05, 4.69) is 6.92 Å². The van der Waals surface area contributed by atoms with Crippen molar-refractivity contribution in [3.8, 4) is 0 Å². The fraction of sp³-hybridized carbons (Fsp3) is 0.312. The predicted octanol–water partition coefficient (Wildman–Crippen LogP) is 3.56. The summed E-state index contributed by atoms with van der Waals surface area (Å²) in [6.07, 6.45) is 0. The maximum Gasteiger partial charge on any atom is 0.254 e. The molecule has 1 fully saturated rings. The third kappa shape index (κ3) is 2.29. The molecule has 2 nitrogen and oxygen atoms in total. The Morgan fingerprint density at radius 3 is 2.75 bits per heavy atom. The summed E-state index contributed by atoms with van der Waals surface area (Å²) in [5, 5.41) is 1.21. The number of benzene rings is 2. The van der Waals surface area contributed by atoms with Gasteiger partial charge >= 0.3 is 0 Å². The molecule has 0 aromatic heterocycles. The van der Waals surface area contributed by atoms with Gasteiger partial charge in [0.15, 0.2) is 0 Å². The molecule has 20 heavy (non-hydrogen) atoms. The van der Waals surface area contributed by atoms with Crippen molar-refractivity contribution < 1.29 is 9.18 Å². The van der Waals surface area contributed by atoms with E-state index in [9.17, 15) is 9.18 Å². The van der Waals surface area contributed by atoms with Gasteiger partial charge in [-0.05, 0) is 24.4 Å². The van der Waals surface area contributed by atoms with Crippen molar-refractivity contribution in [3.63, 3.8) is 0 Å². The second-order valence-electron chi connectivity index (χ2n) is 5.06. The molecule has 1 aliphatic heterocycles. The second-order valence-corrected chi connectivity index (χ2v) is 6.21. The van der Waals surface area contributed by atoms with E-state index in [4.69, 9.17) is 0 Å². The van der Waals surface area contributed by atoms with Gasteiger partial charge in [0.2, 0.25) is 0 Å². The summed E-state index contributed by atoms with van der Waals surface area (Å²) in [6.45, 7) is 2.83. The third-order valence-electron chi connectivity index (χ3n) is 3.73. The molecule has 0 saturated carbocycles. The summed E-state index contributed by atoms with van der Waals surface area (Å²) >= 11 is 1.87. The summed E-state index contributed by atoms with van der Waals surface area (Å²) in [5.74, 6) is 1.66. The lowest BCUT2D eigenvalue weighted by atomic mass is 10.0. The minimum Gasteiger partial charge on any atom is -0.334 e. The predicted molar refractivity (Wildman–Crippen MR) is 81.7 cm³/mol. The first-order chi connectivity index (χ1) is 9.68. The monoisotopic (exact) mass is 289 g/mol. The van der Waals surface area contributed by atoms with Crippen LogP contribution in [0.1, 0.15) is 17.3 Å². The van der Waals surface area contributed by atoms with Crippen LogP contribution in [0.4, 0.5) is 4.39 Å². The molecule has 1 heterocycles. The third-order valence-corrected chi connectivity index (χ3v) is 4.92. The normalized spacial score (nSPS) is 19.3. The van der Waals surface area contributed by atoms with Crippen LogP contribution in [-0.2, 0) is 0 Å². The van der Waals surface area contributed by atoms with Crippen LogP contribution in [0.3, 0.4) is 0 Å². The Kier molecular flexibility index (Phi) is 3.66. The van der Waals surface area contributed by atoms with Gasteiger partial charge in [-0.15, -0.1) is 0 Å². The zero-order valence-electron chi connectivity index (χ0n) is 11.3. The smallest absolute Gasteiger partial charge is 0.254 e. The highest BCUT2D eigenvalue weighted by atomic mass is 32.2. The van der Waals surface area contributed by atoms with Crippen molar-refractivity contribution in [2.45, 2.75) is 13.0 Å². The number of amides is 1. The number of rotatable bonds is 1. The highest BCUT2D eigenvalue weighted by Gasteiger charge is 2.25. The fourth-order valence-corrected chi connectivity index (χ4v) is 3.65. The number of carbonyl (C=O) groups is 1. The Morgan fingerprint density at radius 2 is 2.00 bits per heavy atom. The molecule has 0 N–H and O–H groups in total. The van der Waals surface area contributed by atoms with E-state index in [-0.39, 0.29) is 17.8 Å². The van der Waals surface area contributed by atoms with Gasteiger partial charge in [0.25, 0.3) is 5.91 Å². The van der Waals surface area contributed by atoms with E-state index < -0.39 is 0 Å². The lowest BCUT2D eigenvalue weighted by Crippen LogP contribution is -2.44. The van der Waals surface area contributed by atoms with E-state index in [0.717, 1.165) is 18.1 Å². The first-order valence-electron chi connectivity index (χ1n) is 6.74. The van der Waals surface area contributed by atoms with Crippen molar-refractivity contribution in [1.82, 2.24) is 4.90 Å². The van der Waals surface area contributed by atoms with Gasteiger partial charge in [0.05, 0.1) is 0 Å². The Hall–Kier alpha value is -1.55. The summed E-state index contributed by atoms with van der Waals surface area (Å²) in [4.78, 5) is 14.6. The molecular weight excluding hydrogens is 273 g/mol. The molecule has 2 aromatic rings. The summed E-state index contributed by atoms with van der Waals surface area (Å²) in [5.41, 5.74) is 0.598. The standard InChI is InChI=1S/C16H16FNOS/c1-11-10-20-9-8-18(11)16(19)14-6-7-15(17)13-5-3-2-4-12(13)14/h2-7,11H,8-10H2,1H3. The summed E-state index contributed by atoms with van der Waals surface area (Å²) in [6, 6.07) is 10.4. The van der Waals surface area contributed by atoms with Crippen molar-refractivity contribution in [2.24, 2.45) is 0 Å². The van der Waals surface area contributed by atoms with Crippen LogP contribution < -0.4 is 0 Å². The number of thioether (sulfide) groups is 1. The number of hydrogen-bond donors (Lipinski definition) is 0. The quantitative estimate of drug-likeness (QED) is 0.800. The average Bonchev–Trinajstić information content (AvgIpc) is 2.48. The number of hydrogen-bond acceptors (Lipinski definition) is 2. The molecule has 1 aliphatic rings. The Balaban J connectivity index is 2.06. The first kappa shape index (κ1) is 13.4. The van der Waals surface area contributed by atoms with E-state index in [1.165, 1.54) is 6.07 Å². The lowest BCUT2D eigenvalue weighted by molar-refractivity contribution is 0.0718. The molecular formula is C16H16FNOS. The topological polar surface area (TPSA) is 20.3 Å². The van der Waals surface area contributed by atoms with Crippen LogP contribution in [0.5, 0.6) is 0 Å². The highest BCUT2D eigenvalue weighted by Crippen LogP contribution is 2.25. The summed E-state index contributed by atoms with van der Waals surface area (Å²) < 4.78 is 13.8.